The van der Waals surface area contributed by atoms with Gasteiger partial charge in [-0.2, -0.15) is 0 Å². The molecule has 1 N–H and O–H groups in total. The topological polar surface area (TPSA) is 24.4 Å². The Balaban J connectivity index is 1.76. The van der Waals surface area contributed by atoms with E-state index in [0.717, 1.165) is 29.2 Å². The van der Waals surface area contributed by atoms with Crippen molar-refractivity contribution in [3.05, 3.63) is 34.9 Å². The molecule has 0 saturated heterocycles. The van der Waals surface area contributed by atoms with Crippen LogP contribution in [0.25, 0.3) is 0 Å². The molecule has 2 rings (SSSR count). The zero-order valence-electron chi connectivity index (χ0n) is 10.8. The van der Waals surface area contributed by atoms with Crippen molar-refractivity contribution in [3.8, 4) is 0 Å². The minimum Gasteiger partial charge on any atom is -0.361 e. The molecule has 1 atom stereocenters. The Kier molecular flexibility index (Phi) is 4.95. The summed E-state index contributed by atoms with van der Waals surface area (Å²) in [5, 5.41) is 5.90. The number of amidine groups is 1. The second-order valence-corrected chi connectivity index (χ2v) is 6.72. The first kappa shape index (κ1) is 13.8. The number of nitrogens with zero attached hydrogens (tertiary/aromatic N) is 1. The van der Waals surface area contributed by atoms with Gasteiger partial charge in [-0.3, -0.25) is 4.99 Å². The average Bonchev–Trinajstić information content (AvgIpc) is 2.75. The molecule has 0 bridgehead atoms. The Bertz CT molecular complexity index is 414. The normalized spacial score (nSPS) is 19.1. The third-order valence-corrected chi connectivity index (χ3v) is 4.23. The third-order valence-electron chi connectivity index (χ3n) is 2.81. The van der Waals surface area contributed by atoms with Gasteiger partial charge < -0.3 is 5.32 Å². The van der Waals surface area contributed by atoms with Gasteiger partial charge in [0.25, 0.3) is 0 Å². The predicted octanol–water partition coefficient (Wildman–Crippen LogP) is 3.95. The van der Waals surface area contributed by atoms with Gasteiger partial charge in [-0.05, 0) is 30.0 Å². The van der Waals surface area contributed by atoms with Crippen LogP contribution < -0.4 is 5.32 Å². The molecule has 1 unspecified atom stereocenters. The zero-order valence-corrected chi connectivity index (χ0v) is 12.4. The average molecular weight is 283 g/mol. The molecule has 0 fully saturated rings. The molecule has 0 saturated carbocycles. The second-order valence-electron chi connectivity index (χ2n) is 5.00. The molecule has 2 nitrogen and oxygen atoms in total. The highest BCUT2D eigenvalue weighted by Crippen LogP contribution is 2.25. The summed E-state index contributed by atoms with van der Waals surface area (Å²) < 4.78 is 0. The largest absolute Gasteiger partial charge is 0.361 e. The van der Waals surface area contributed by atoms with Crippen molar-refractivity contribution in [2.45, 2.75) is 32.1 Å². The van der Waals surface area contributed by atoms with E-state index in [1.807, 2.05) is 36.0 Å². The standard InChI is InChI=1S/C14H19ClN2S/c1-10(2)7-13-9-17-14(18-13)16-8-11-3-5-12(15)6-4-11/h3-6,10,13H,7-9H2,1-2H3,(H,16,17). The number of nitrogens with one attached hydrogen (secondary N) is 1. The number of benzene rings is 1. The van der Waals surface area contributed by atoms with Gasteiger partial charge in [0.1, 0.15) is 0 Å². The highest BCUT2D eigenvalue weighted by Gasteiger charge is 2.20. The monoisotopic (exact) mass is 282 g/mol. The maximum absolute atomic E-state index is 5.86. The zero-order chi connectivity index (χ0) is 13.0. The molecule has 0 radical (unpaired) electrons. The Hall–Kier alpha value is -0.670. The second kappa shape index (κ2) is 6.48. The number of thioether (sulfide) groups is 1. The first-order valence-corrected chi connectivity index (χ1v) is 7.58. The smallest absolute Gasteiger partial charge is 0.157 e. The minimum atomic E-state index is 0.651. The SMILES string of the molecule is CC(C)CC1CN=C(NCc2ccc(Cl)cc2)S1. The molecular weight excluding hydrogens is 264 g/mol. The molecule has 1 aliphatic rings. The lowest BCUT2D eigenvalue weighted by molar-refractivity contribution is 0.575. The van der Waals surface area contributed by atoms with Crippen molar-refractivity contribution in [3.63, 3.8) is 0 Å². The highest BCUT2D eigenvalue weighted by atomic mass is 35.5. The number of aliphatic imine (C=N–C) groups is 1. The predicted molar refractivity (Wildman–Crippen MR) is 81.4 cm³/mol. The van der Waals surface area contributed by atoms with Crippen LogP contribution >= 0.6 is 23.4 Å². The molecule has 1 aromatic rings. The lowest BCUT2D eigenvalue weighted by atomic mass is 10.1. The van der Waals surface area contributed by atoms with E-state index in [2.05, 4.69) is 24.2 Å². The summed E-state index contributed by atoms with van der Waals surface area (Å²) >= 11 is 7.73. The molecule has 1 aromatic carbocycles. The number of halogens is 1. The summed E-state index contributed by atoms with van der Waals surface area (Å²) in [6.45, 7) is 6.29. The lowest BCUT2D eigenvalue weighted by Crippen LogP contribution is -2.19. The van der Waals surface area contributed by atoms with E-state index in [1.165, 1.54) is 12.0 Å². The molecule has 0 aliphatic carbocycles. The van der Waals surface area contributed by atoms with Crippen molar-refractivity contribution < 1.29 is 0 Å². The van der Waals surface area contributed by atoms with Crippen molar-refractivity contribution in [2.24, 2.45) is 10.9 Å². The van der Waals surface area contributed by atoms with Crippen LogP contribution in [-0.2, 0) is 6.54 Å². The summed E-state index contributed by atoms with van der Waals surface area (Å²) in [5.41, 5.74) is 1.23. The van der Waals surface area contributed by atoms with Crippen molar-refractivity contribution in [1.82, 2.24) is 5.32 Å². The fraction of sp³-hybridized carbons (Fsp3) is 0.500. The molecule has 1 aliphatic heterocycles. The summed E-state index contributed by atoms with van der Waals surface area (Å²) in [4.78, 5) is 4.55. The van der Waals surface area contributed by atoms with Crippen molar-refractivity contribution in [2.75, 3.05) is 6.54 Å². The minimum absolute atomic E-state index is 0.651. The molecule has 0 spiro atoms. The molecule has 1 heterocycles. The summed E-state index contributed by atoms with van der Waals surface area (Å²) in [5.74, 6) is 0.744. The van der Waals surface area contributed by atoms with E-state index < -0.39 is 0 Å². The summed E-state index contributed by atoms with van der Waals surface area (Å²) in [7, 11) is 0. The third kappa shape index (κ3) is 4.21. The van der Waals surface area contributed by atoms with Crippen LogP contribution in [0.1, 0.15) is 25.8 Å². The first-order valence-electron chi connectivity index (χ1n) is 6.33. The van der Waals surface area contributed by atoms with E-state index in [9.17, 15) is 0 Å². The lowest BCUT2D eigenvalue weighted by Gasteiger charge is -2.11. The van der Waals surface area contributed by atoms with Crippen LogP contribution in [0.2, 0.25) is 5.02 Å². The Morgan fingerprint density at radius 2 is 2.11 bits per heavy atom. The maximum atomic E-state index is 5.86. The van der Waals surface area contributed by atoms with E-state index in [0.29, 0.717) is 5.25 Å². The van der Waals surface area contributed by atoms with Gasteiger partial charge >= 0.3 is 0 Å². The van der Waals surface area contributed by atoms with Gasteiger partial charge in [-0.25, -0.2) is 0 Å². The molecular formula is C14H19ClN2S. The fourth-order valence-corrected chi connectivity index (χ4v) is 3.32. The van der Waals surface area contributed by atoms with Crippen LogP contribution in [0, 0.1) is 5.92 Å². The Morgan fingerprint density at radius 3 is 2.78 bits per heavy atom. The van der Waals surface area contributed by atoms with Crippen molar-refractivity contribution in [1.29, 1.82) is 0 Å². The van der Waals surface area contributed by atoms with E-state index in [-0.39, 0.29) is 0 Å². The number of hydrogen-bond donors (Lipinski definition) is 1. The molecule has 0 amide bonds. The van der Waals surface area contributed by atoms with Crippen LogP contribution in [-0.4, -0.2) is 17.0 Å². The quantitative estimate of drug-likeness (QED) is 0.904. The summed E-state index contributed by atoms with van der Waals surface area (Å²) in [6, 6.07) is 7.93. The van der Waals surface area contributed by atoms with Gasteiger partial charge in [0.15, 0.2) is 5.17 Å². The Labute approximate surface area is 118 Å². The maximum Gasteiger partial charge on any atom is 0.157 e. The van der Waals surface area contributed by atoms with Gasteiger partial charge in [-0.15, -0.1) is 0 Å². The van der Waals surface area contributed by atoms with Crippen LogP contribution in [0.4, 0.5) is 0 Å². The van der Waals surface area contributed by atoms with Crippen LogP contribution in [0.5, 0.6) is 0 Å². The fourth-order valence-electron chi connectivity index (χ4n) is 1.94. The van der Waals surface area contributed by atoms with Gasteiger partial charge in [-0.1, -0.05) is 49.3 Å². The number of rotatable bonds is 4. The molecule has 18 heavy (non-hydrogen) atoms. The number of hydrogen-bond acceptors (Lipinski definition) is 3. The van der Waals surface area contributed by atoms with Gasteiger partial charge in [0.05, 0.1) is 6.54 Å². The van der Waals surface area contributed by atoms with Crippen LogP contribution in [0.3, 0.4) is 0 Å². The first-order chi connectivity index (χ1) is 8.63. The molecule has 98 valence electrons. The molecule has 0 aromatic heterocycles. The van der Waals surface area contributed by atoms with E-state index >= 15 is 0 Å². The summed E-state index contributed by atoms with van der Waals surface area (Å²) in [6.07, 6.45) is 1.24. The molecule has 4 heteroatoms. The highest BCUT2D eigenvalue weighted by molar-refractivity contribution is 8.14. The van der Waals surface area contributed by atoms with Crippen molar-refractivity contribution >= 4 is 28.5 Å². The van der Waals surface area contributed by atoms with E-state index in [1.54, 1.807) is 0 Å². The van der Waals surface area contributed by atoms with Gasteiger partial charge in [0.2, 0.25) is 0 Å². The van der Waals surface area contributed by atoms with Gasteiger partial charge in [0, 0.05) is 16.8 Å². The van der Waals surface area contributed by atoms with E-state index in [4.69, 9.17) is 11.6 Å². The van der Waals surface area contributed by atoms with Crippen LogP contribution in [0.15, 0.2) is 29.3 Å². The Morgan fingerprint density at radius 1 is 1.39 bits per heavy atom.